The smallest absolute Gasteiger partial charge is 0.276 e. The van der Waals surface area contributed by atoms with Crippen LogP contribution in [0.1, 0.15) is 0 Å². The maximum atomic E-state index is 4.23. The molecule has 7 heteroatoms. The molecule has 0 amide bonds. The van der Waals surface area contributed by atoms with Gasteiger partial charge in [-0.25, -0.2) is 4.40 Å². The molecule has 0 aliphatic rings. The van der Waals surface area contributed by atoms with Gasteiger partial charge in [-0.3, -0.25) is 0 Å². The number of hydrogen-bond acceptors (Lipinski definition) is 5. The van der Waals surface area contributed by atoms with Crippen LogP contribution in [-0.4, -0.2) is 36.0 Å². The summed E-state index contributed by atoms with van der Waals surface area (Å²) >= 11 is 1.53. The highest BCUT2D eigenvalue weighted by molar-refractivity contribution is 7.98. The lowest BCUT2D eigenvalue weighted by molar-refractivity contribution is 0.930. The fourth-order valence-corrected chi connectivity index (χ4v) is 2.60. The number of fused-ring (bicyclic) bond motifs is 5. The largest absolute Gasteiger partial charge is 0.339 e. The van der Waals surface area contributed by atoms with Crippen molar-refractivity contribution in [2.24, 2.45) is 0 Å². The maximum absolute atomic E-state index is 4.23. The van der Waals surface area contributed by atoms with Gasteiger partial charge in [0.05, 0.1) is 0 Å². The van der Waals surface area contributed by atoms with E-state index in [0.29, 0.717) is 5.78 Å². The molecule has 88 valence electrons. The number of nitrogens with one attached hydrogen (secondary N) is 1. The van der Waals surface area contributed by atoms with Gasteiger partial charge in [-0.05, 0) is 12.3 Å². The molecule has 0 saturated carbocycles. The van der Waals surface area contributed by atoms with Crippen LogP contribution >= 0.6 is 11.8 Å². The molecule has 1 aromatic carbocycles. The van der Waals surface area contributed by atoms with Crippen LogP contribution in [0.2, 0.25) is 0 Å². The summed E-state index contributed by atoms with van der Waals surface area (Å²) in [7, 11) is 0. The van der Waals surface area contributed by atoms with E-state index in [4.69, 9.17) is 0 Å². The van der Waals surface area contributed by atoms with Crippen molar-refractivity contribution in [1.29, 1.82) is 0 Å². The first-order chi connectivity index (χ1) is 8.88. The molecule has 6 nitrogen and oxygen atoms in total. The van der Waals surface area contributed by atoms with E-state index < -0.39 is 0 Å². The normalized spacial score (nSPS) is 11.8. The Labute approximate surface area is 105 Å². The average molecular weight is 256 g/mol. The van der Waals surface area contributed by atoms with Gasteiger partial charge >= 0.3 is 0 Å². The third kappa shape index (κ3) is 1.14. The van der Waals surface area contributed by atoms with Crippen LogP contribution < -0.4 is 0 Å². The minimum atomic E-state index is 0.512. The van der Waals surface area contributed by atoms with Crippen LogP contribution in [0.3, 0.4) is 0 Å². The zero-order valence-corrected chi connectivity index (χ0v) is 10.3. The molecule has 18 heavy (non-hydrogen) atoms. The third-order valence-corrected chi connectivity index (χ3v) is 3.55. The van der Waals surface area contributed by atoms with Crippen molar-refractivity contribution < 1.29 is 0 Å². The molecule has 4 aromatic rings. The molecule has 0 radical (unpaired) electrons. The lowest BCUT2D eigenvalue weighted by Gasteiger charge is -1.96. The van der Waals surface area contributed by atoms with Crippen LogP contribution in [0, 0.1) is 0 Å². The monoisotopic (exact) mass is 256 g/mol. The van der Waals surface area contributed by atoms with E-state index in [1.165, 1.54) is 11.8 Å². The summed E-state index contributed by atoms with van der Waals surface area (Å²) in [5, 5.41) is 18.3. The molecule has 0 bridgehead atoms. The number of H-pyrrole nitrogens is 1. The topological polar surface area (TPSA) is 71.8 Å². The SMILES string of the molecule is CSc1nnc2nnc3c4ccccc4[nH]c3n12. The molecular weight excluding hydrogens is 248 g/mol. The standard InChI is InChI=1S/C11H8N6S/c1-18-11-16-15-10-14-13-8-6-4-2-3-5-7(6)12-9(8)17(10)11/h2-5,12H,1H3. The zero-order valence-electron chi connectivity index (χ0n) is 9.45. The quantitative estimate of drug-likeness (QED) is 0.526. The lowest BCUT2D eigenvalue weighted by atomic mass is 10.2. The Hall–Kier alpha value is -2.15. The first-order valence-corrected chi connectivity index (χ1v) is 6.63. The van der Waals surface area contributed by atoms with Gasteiger partial charge in [0.25, 0.3) is 5.78 Å². The van der Waals surface area contributed by atoms with Crippen molar-refractivity contribution in [3.63, 3.8) is 0 Å². The minimum absolute atomic E-state index is 0.512. The van der Waals surface area contributed by atoms with Crippen LogP contribution in [0.25, 0.3) is 27.8 Å². The molecule has 0 saturated heterocycles. The van der Waals surface area contributed by atoms with Crippen molar-refractivity contribution in [3.8, 4) is 0 Å². The summed E-state index contributed by atoms with van der Waals surface area (Å²) in [5.41, 5.74) is 2.76. The Kier molecular flexibility index (Phi) is 1.87. The number of hydrogen-bond donors (Lipinski definition) is 1. The molecule has 0 unspecified atom stereocenters. The zero-order chi connectivity index (χ0) is 12.1. The van der Waals surface area contributed by atoms with Gasteiger partial charge in [-0.15, -0.1) is 20.4 Å². The van der Waals surface area contributed by atoms with E-state index in [-0.39, 0.29) is 0 Å². The number of aromatic amines is 1. The molecule has 0 fully saturated rings. The Bertz CT molecular complexity index is 877. The van der Waals surface area contributed by atoms with Crippen molar-refractivity contribution in [1.82, 2.24) is 29.8 Å². The third-order valence-electron chi connectivity index (χ3n) is 2.92. The summed E-state index contributed by atoms with van der Waals surface area (Å²) in [6.07, 6.45) is 1.96. The summed E-state index contributed by atoms with van der Waals surface area (Å²) in [6.45, 7) is 0. The second-order valence-electron chi connectivity index (χ2n) is 3.89. The van der Waals surface area contributed by atoms with E-state index in [0.717, 1.165) is 27.2 Å². The maximum Gasteiger partial charge on any atom is 0.276 e. The fraction of sp³-hybridized carbons (Fsp3) is 0.0909. The molecule has 0 aliphatic carbocycles. The number of rotatable bonds is 1. The van der Waals surface area contributed by atoms with E-state index in [9.17, 15) is 0 Å². The highest BCUT2D eigenvalue weighted by Gasteiger charge is 2.13. The highest BCUT2D eigenvalue weighted by atomic mass is 32.2. The van der Waals surface area contributed by atoms with E-state index in [1.807, 2.05) is 34.9 Å². The molecule has 3 aromatic heterocycles. The number of thioether (sulfide) groups is 1. The molecular formula is C11H8N6S. The number of para-hydroxylation sites is 1. The Balaban J connectivity index is 2.30. The van der Waals surface area contributed by atoms with Gasteiger partial charge in [0.15, 0.2) is 5.16 Å². The summed E-state index contributed by atoms with van der Waals surface area (Å²) in [4.78, 5) is 3.35. The van der Waals surface area contributed by atoms with Crippen LogP contribution in [-0.2, 0) is 0 Å². The van der Waals surface area contributed by atoms with Crippen molar-refractivity contribution >= 4 is 39.6 Å². The molecule has 3 heterocycles. The molecule has 4 rings (SSSR count). The van der Waals surface area contributed by atoms with Gasteiger partial charge in [0.1, 0.15) is 11.2 Å². The highest BCUT2D eigenvalue weighted by Crippen LogP contribution is 2.25. The summed E-state index contributed by atoms with van der Waals surface area (Å²) in [5.74, 6) is 0.512. The minimum Gasteiger partial charge on any atom is -0.339 e. The van der Waals surface area contributed by atoms with Crippen molar-refractivity contribution in [2.75, 3.05) is 6.26 Å². The molecule has 0 spiro atoms. The van der Waals surface area contributed by atoms with E-state index in [2.05, 4.69) is 25.4 Å². The predicted molar refractivity (Wildman–Crippen MR) is 69.7 cm³/mol. The number of benzene rings is 1. The van der Waals surface area contributed by atoms with Gasteiger partial charge in [0.2, 0.25) is 0 Å². The second kappa shape index (κ2) is 3.42. The first-order valence-electron chi connectivity index (χ1n) is 5.40. The average Bonchev–Trinajstić information content (AvgIpc) is 2.98. The number of nitrogens with zero attached hydrogens (tertiary/aromatic N) is 5. The van der Waals surface area contributed by atoms with E-state index in [1.54, 1.807) is 0 Å². The summed E-state index contributed by atoms with van der Waals surface area (Å²) < 4.78 is 1.90. The fourth-order valence-electron chi connectivity index (χ4n) is 2.13. The molecule has 0 atom stereocenters. The van der Waals surface area contributed by atoms with Crippen molar-refractivity contribution in [3.05, 3.63) is 24.3 Å². The van der Waals surface area contributed by atoms with Gasteiger partial charge in [-0.2, -0.15) is 0 Å². The lowest BCUT2D eigenvalue weighted by Crippen LogP contribution is -1.95. The predicted octanol–water partition coefficient (Wildman–Crippen LogP) is 1.88. The summed E-state index contributed by atoms with van der Waals surface area (Å²) in [6, 6.07) is 8.02. The van der Waals surface area contributed by atoms with E-state index >= 15 is 0 Å². The Morgan fingerprint density at radius 2 is 1.94 bits per heavy atom. The van der Waals surface area contributed by atoms with Crippen molar-refractivity contribution in [2.45, 2.75) is 5.16 Å². The molecule has 0 aliphatic heterocycles. The van der Waals surface area contributed by atoms with Crippen LogP contribution in [0.4, 0.5) is 0 Å². The Morgan fingerprint density at radius 3 is 2.83 bits per heavy atom. The Morgan fingerprint density at radius 1 is 1.11 bits per heavy atom. The number of aromatic nitrogens is 6. The first kappa shape index (κ1) is 9.84. The van der Waals surface area contributed by atoms with Gasteiger partial charge in [-0.1, -0.05) is 30.0 Å². The second-order valence-corrected chi connectivity index (χ2v) is 4.66. The van der Waals surface area contributed by atoms with Crippen LogP contribution in [0.5, 0.6) is 0 Å². The van der Waals surface area contributed by atoms with Gasteiger partial charge in [0, 0.05) is 10.9 Å². The van der Waals surface area contributed by atoms with Gasteiger partial charge < -0.3 is 4.98 Å². The van der Waals surface area contributed by atoms with Crippen LogP contribution in [0.15, 0.2) is 29.4 Å². The molecule has 1 N–H and O–H groups in total.